The Kier molecular flexibility index (Phi) is 3.26. The molecule has 0 aromatic carbocycles. The molecule has 0 amide bonds. The van der Waals surface area contributed by atoms with Gasteiger partial charge >= 0.3 is 0 Å². The molecule has 16 heavy (non-hydrogen) atoms. The summed E-state index contributed by atoms with van der Waals surface area (Å²) in [4.78, 5) is 20.8. The molecule has 0 atom stereocenters. The van der Waals surface area contributed by atoms with Gasteiger partial charge in [-0.25, -0.2) is 4.98 Å². The van der Waals surface area contributed by atoms with Gasteiger partial charge in [0.05, 0.1) is 12.9 Å². The molecule has 6 heteroatoms. The van der Waals surface area contributed by atoms with Crippen LogP contribution >= 0.6 is 22.9 Å². The van der Waals surface area contributed by atoms with Crippen molar-refractivity contribution in [3.63, 3.8) is 0 Å². The molecule has 0 aliphatic heterocycles. The summed E-state index contributed by atoms with van der Waals surface area (Å²) in [6, 6.07) is 4.02. The Labute approximate surface area is 102 Å². The van der Waals surface area contributed by atoms with Gasteiger partial charge in [0.1, 0.15) is 5.02 Å². The van der Waals surface area contributed by atoms with E-state index >= 15 is 0 Å². The normalized spacial score (nSPS) is 10.4. The Morgan fingerprint density at radius 2 is 2.44 bits per heavy atom. The van der Waals surface area contributed by atoms with Crippen LogP contribution < -0.4 is 10.5 Å². The third-order valence-corrected chi connectivity index (χ3v) is 3.31. The predicted molar refractivity (Wildman–Crippen MR) is 66.3 cm³/mol. The van der Waals surface area contributed by atoms with E-state index in [2.05, 4.69) is 9.97 Å². The van der Waals surface area contributed by atoms with Crippen LogP contribution in [0, 0.1) is 0 Å². The SMILES string of the molecule is CN(Cc1cccs1)c1nc[nH]c(=O)c1Cl. The van der Waals surface area contributed by atoms with Gasteiger partial charge in [0, 0.05) is 11.9 Å². The first-order valence-electron chi connectivity index (χ1n) is 4.65. The number of rotatable bonds is 3. The lowest BCUT2D eigenvalue weighted by atomic mass is 10.4. The number of aromatic nitrogens is 2. The van der Waals surface area contributed by atoms with Crippen molar-refractivity contribution >= 4 is 28.8 Å². The van der Waals surface area contributed by atoms with E-state index in [1.165, 1.54) is 11.2 Å². The van der Waals surface area contributed by atoms with Crippen molar-refractivity contribution in [1.82, 2.24) is 9.97 Å². The largest absolute Gasteiger partial charge is 0.353 e. The first-order valence-corrected chi connectivity index (χ1v) is 5.91. The molecule has 2 aromatic heterocycles. The molecule has 0 unspecified atom stereocenters. The molecular formula is C10H10ClN3OS. The zero-order valence-electron chi connectivity index (χ0n) is 8.61. The molecule has 0 saturated carbocycles. The lowest BCUT2D eigenvalue weighted by Gasteiger charge is -2.17. The average molecular weight is 256 g/mol. The van der Waals surface area contributed by atoms with Gasteiger partial charge in [0.25, 0.3) is 5.56 Å². The van der Waals surface area contributed by atoms with E-state index in [-0.39, 0.29) is 10.6 Å². The van der Waals surface area contributed by atoms with Gasteiger partial charge in [0.15, 0.2) is 5.82 Å². The highest BCUT2D eigenvalue weighted by atomic mass is 35.5. The number of aromatic amines is 1. The summed E-state index contributed by atoms with van der Waals surface area (Å²) < 4.78 is 0. The Morgan fingerprint density at radius 3 is 3.12 bits per heavy atom. The van der Waals surface area contributed by atoms with Crippen molar-refractivity contribution in [2.45, 2.75) is 6.54 Å². The summed E-state index contributed by atoms with van der Waals surface area (Å²) >= 11 is 7.54. The minimum absolute atomic E-state index is 0.126. The van der Waals surface area contributed by atoms with Gasteiger partial charge in [-0.3, -0.25) is 4.79 Å². The fourth-order valence-electron chi connectivity index (χ4n) is 1.35. The summed E-state index contributed by atoms with van der Waals surface area (Å²) in [6.45, 7) is 0.688. The Hall–Kier alpha value is -1.33. The number of nitrogens with zero attached hydrogens (tertiary/aromatic N) is 2. The van der Waals surface area contributed by atoms with Crippen molar-refractivity contribution in [3.05, 3.63) is 44.1 Å². The smallest absolute Gasteiger partial charge is 0.271 e. The van der Waals surface area contributed by atoms with E-state index in [4.69, 9.17) is 11.6 Å². The van der Waals surface area contributed by atoms with E-state index in [0.717, 1.165) is 0 Å². The molecule has 0 bridgehead atoms. The number of H-pyrrole nitrogens is 1. The van der Waals surface area contributed by atoms with Crippen LogP contribution in [-0.2, 0) is 6.54 Å². The highest BCUT2D eigenvalue weighted by Gasteiger charge is 2.11. The van der Waals surface area contributed by atoms with Crippen molar-refractivity contribution in [2.24, 2.45) is 0 Å². The Morgan fingerprint density at radius 1 is 1.62 bits per heavy atom. The maximum Gasteiger partial charge on any atom is 0.271 e. The molecule has 1 N–H and O–H groups in total. The average Bonchev–Trinajstić information content (AvgIpc) is 2.74. The van der Waals surface area contributed by atoms with Gasteiger partial charge in [-0.05, 0) is 11.4 Å². The minimum atomic E-state index is -0.315. The summed E-state index contributed by atoms with van der Waals surface area (Å²) in [7, 11) is 1.85. The second-order valence-electron chi connectivity index (χ2n) is 3.30. The van der Waals surface area contributed by atoms with Crippen LogP contribution in [0.2, 0.25) is 5.02 Å². The first kappa shape index (κ1) is 11.2. The predicted octanol–water partition coefficient (Wildman–Crippen LogP) is 2.12. The topological polar surface area (TPSA) is 49.0 Å². The summed E-state index contributed by atoms with van der Waals surface area (Å²) in [5.41, 5.74) is -0.315. The van der Waals surface area contributed by atoms with Crippen LogP contribution in [0.5, 0.6) is 0 Å². The lowest BCUT2D eigenvalue weighted by molar-refractivity contribution is 0.900. The zero-order chi connectivity index (χ0) is 11.5. The molecule has 0 aliphatic rings. The summed E-state index contributed by atoms with van der Waals surface area (Å²) in [5.74, 6) is 0.499. The van der Waals surface area contributed by atoms with Crippen LogP contribution in [0.3, 0.4) is 0 Å². The van der Waals surface area contributed by atoms with Crippen LogP contribution in [0.4, 0.5) is 5.82 Å². The zero-order valence-corrected chi connectivity index (χ0v) is 10.2. The van der Waals surface area contributed by atoms with Gasteiger partial charge in [0.2, 0.25) is 0 Å². The molecule has 0 radical (unpaired) electrons. The van der Waals surface area contributed by atoms with Crippen molar-refractivity contribution < 1.29 is 0 Å². The highest BCUT2D eigenvalue weighted by Crippen LogP contribution is 2.20. The standard InChI is InChI=1S/C10H10ClN3OS/c1-14(5-7-3-2-4-16-7)9-8(11)10(15)13-6-12-9/h2-4,6H,5H2,1H3,(H,12,13,15). The van der Waals surface area contributed by atoms with E-state index in [1.807, 2.05) is 29.5 Å². The van der Waals surface area contributed by atoms with E-state index in [9.17, 15) is 4.79 Å². The second kappa shape index (κ2) is 4.67. The molecule has 0 saturated heterocycles. The summed E-state index contributed by atoms with van der Waals surface area (Å²) in [6.07, 6.45) is 1.36. The number of hydrogen-bond acceptors (Lipinski definition) is 4. The van der Waals surface area contributed by atoms with Gasteiger partial charge in [-0.15, -0.1) is 11.3 Å². The van der Waals surface area contributed by atoms with Gasteiger partial charge in [-0.1, -0.05) is 17.7 Å². The first-order chi connectivity index (χ1) is 7.68. The number of anilines is 1. The van der Waals surface area contributed by atoms with E-state index in [1.54, 1.807) is 11.3 Å². The quantitative estimate of drug-likeness (QED) is 0.914. The Balaban J connectivity index is 2.24. The van der Waals surface area contributed by atoms with Crippen molar-refractivity contribution in [1.29, 1.82) is 0 Å². The third-order valence-electron chi connectivity index (χ3n) is 2.11. The van der Waals surface area contributed by atoms with Crippen molar-refractivity contribution in [3.8, 4) is 0 Å². The number of thiophene rings is 1. The lowest BCUT2D eigenvalue weighted by Crippen LogP contribution is -2.21. The van der Waals surface area contributed by atoms with Crippen LogP contribution in [0.15, 0.2) is 28.6 Å². The molecule has 84 valence electrons. The molecule has 0 spiro atoms. The fourth-order valence-corrected chi connectivity index (χ4v) is 2.36. The minimum Gasteiger partial charge on any atom is -0.353 e. The van der Waals surface area contributed by atoms with Crippen LogP contribution in [0.1, 0.15) is 4.88 Å². The molecule has 2 heterocycles. The maximum atomic E-state index is 11.3. The van der Waals surface area contributed by atoms with Crippen LogP contribution in [0.25, 0.3) is 0 Å². The molecule has 2 aromatic rings. The van der Waals surface area contributed by atoms with Crippen molar-refractivity contribution in [2.75, 3.05) is 11.9 Å². The van der Waals surface area contributed by atoms with Gasteiger partial charge in [-0.2, -0.15) is 0 Å². The third kappa shape index (κ3) is 2.25. The number of halogens is 1. The summed E-state index contributed by atoms with van der Waals surface area (Å²) in [5, 5.41) is 2.14. The molecule has 0 fully saturated rings. The van der Waals surface area contributed by atoms with Gasteiger partial charge < -0.3 is 9.88 Å². The number of nitrogens with one attached hydrogen (secondary N) is 1. The monoisotopic (exact) mass is 255 g/mol. The van der Waals surface area contributed by atoms with E-state index in [0.29, 0.717) is 12.4 Å². The van der Waals surface area contributed by atoms with Crippen LogP contribution in [-0.4, -0.2) is 17.0 Å². The molecular weight excluding hydrogens is 246 g/mol. The van der Waals surface area contributed by atoms with E-state index < -0.39 is 0 Å². The molecule has 4 nitrogen and oxygen atoms in total. The molecule has 2 rings (SSSR count). The maximum absolute atomic E-state index is 11.3. The second-order valence-corrected chi connectivity index (χ2v) is 4.71. The fraction of sp³-hybridized carbons (Fsp3) is 0.200. The molecule has 0 aliphatic carbocycles. The number of hydrogen-bond donors (Lipinski definition) is 1. The Bertz CT molecular complexity index is 523. The highest BCUT2D eigenvalue weighted by molar-refractivity contribution is 7.09.